The summed E-state index contributed by atoms with van der Waals surface area (Å²) in [6.45, 7) is 22.0. The summed E-state index contributed by atoms with van der Waals surface area (Å²) in [7, 11) is 1.87. The quantitative estimate of drug-likeness (QED) is 0.00745. The first-order valence-corrected chi connectivity index (χ1v) is 50.6. The Morgan fingerprint density at radius 3 is 0.978 bits per heavy atom. The van der Waals surface area contributed by atoms with Crippen LogP contribution >= 0.6 is 0 Å². The maximum Gasteiger partial charge on any atom is 0.321 e. The first-order chi connectivity index (χ1) is 67.2. The zero-order valence-electron chi connectivity index (χ0n) is 82.9. The second kappa shape index (κ2) is 66.6. The van der Waals surface area contributed by atoms with Crippen LogP contribution in [0, 0.1) is 17.8 Å². The Bertz CT molecular complexity index is 4310. The Hall–Kier alpha value is -11.0. The maximum absolute atomic E-state index is 12.3. The molecule has 0 aliphatic carbocycles. The van der Waals surface area contributed by atoms with Crippen molar-refractivity contribution in [1.29, 1.82) is 0 Å². The number of amides is 12. The lowest BCUT2D eigenvalue weighted by atomic mass is 9.87. The van der Waals surface area contributed by atoms with Gasteiger partial charge < -0.3 is 88.0 Å². The van der Waals surface area contributed by atoms with E-state index in [4.69, 9.17) is 44.2 Å². The Morgan fingerprint density at radius 2 is 0.645 bits per heavy atom. The van der Waals surface area contributed by atoms with E-state index in [-0.39, 0.29) is 54.3 Å². The predicted molar refractivity (Wildman–Crippen MR) is 552 cm³/mol. The SMILES string of the molecule is CCCCC/C=C/C[C@@H](N)C1CCN(C(=O)Nc2ccncc2)CC1.CCCCCCCC[C@@H](N)C1CCN(C(=O)Nc2ccncc2)CC1.CCCN(N)C1CCN(C(=O)Nc2ccncc2)CC1.CCOCCOCC[C@@H](N)C1CCN(C(=O)Nc2ccncc2)CC1.CN(N)C1CCN(C(=O)Nc2ccncc2)CC1.NN(CCc1ccccc1)C1CCN(C(=O)Nc2ccncc2)CC1. The van der Waals surface area contributed by atoms with E-state index < -0.39 is 0 Å². The summed E-state index contributed by atoms with van der Waals surface area (Å²) in [5.41, 5.74) is 25.0. The van der Waals surface area contributed by atoms with Crippen molar-refractivity contribution in [3.8, 4) is 0 Å². The molecule has 0 bridgehead atoms. The van der Waals surface area contributed by atoms with Crippen LogP contribution in [-0.4, -0.2) is 272 Å². The van der Waals surface area contributed by atoms with Gasteiger partial charge in [-0.3, -0.25) is 47.4 Å². The zero-order valence-corrected chi connectivity index (χ0v) is 82.9. The van der Waals surface area contributed by atoms with Crippen molar-refractivity contribution in [3.05, 3.63) is 195 Å². The molecule has 6 aromatic heterocycles. The molecule has 12 heterocycles. The van der Waals surface area contributed by atoms with Crippen molar-refractivity contribution in [1.82, 2.24) is 74.3 Å². The lowest BCUT2D eigenvalue weighted by Gasteiger charge is -2.36. The number of unbranched alkanes of at least 4 members (excludes halogenated alkanes) is 8. The number of anilines is 6. The van der Waals surface area contributed by atoms with Gasteiger partial charge in [0.15, 0.2) is 0 Å². The molecule has 7 aromatic rings. The Kier molecular flexibility index (Phi) is 54.2. The monoisotopic (exact) mass is 1910 g/mol. The number of nitrogens with two attached hydrogens (primary N) is 6. The van der Waals surface area contributed by atoms with Gasteiger partial charge >= 0.3 is 36.2 Å². The number of nitrogens with zero attached hydrogens (tertiary/aromatic N) is 15. The van der Waals surface area contributed by atoms with Gasteiger partial charge in [0.2, 0.25) is 0 Å². The highest BCUT2D eigenvalue weighted by molar-refractivity contribution is 5.92. The highest BCUT2D eigenvalue weighted by Crippen LogP contribution is 2.28. The average molecular weight is 1910 g/mol. The molecule has 6 saturated heterocycles. The molecule has 3 atom stereocenters. The number of pyridine rings is 6. The van der Waals surface area contributed by atoms with Gasteiger partial charge in [-0.15, -0.1) is 0 Å². The summed E-state index contributed by atoms with van der Waals surface area (Å²) < 4.78 is 10.8. The van der Waals surface area contributed by atoms with Crippen LogP contribution in [0.25, 0.3) is 0 Å². The summed E-state index contributed by atoms with van der Waals surface area (Å²) >= 11 is 0. The van der Waals surface area contributed by atoms with Crippen LogP contribution in [0.15, 0.2) is 190 Å². The molecule has 138 heavy (non-hydrogen) atoms. The van der Waals surface area contributed by atoms with Crippen molar-refractivity contribution in [3.63, 3.8) is 0 Å². The maximum atomic E-state index is 12.3. The molecule has 758 valence electrons. The fourth-order valence-corrected chi connectivity index (χ4v) is 17.5. The fraction of sp³-hybridized carbons (Fsp3) is 0.573. The van der Waals surface area contributed by atoms with Crippen molar-refractivity contribution >= 4 is 70.3 Å². The number of rotatable bonds is 37. The van der Waals surface area contributed by atoms with Crippen LogP contribution in [0.1, 0.15) is 200 Å². The van der Waals surface area contributed by atoms with Crippen LogP contribution in [0.3, 0.4) is 0 Å². The Balaban J connectivity index is 0.000000204. The first kappa shape index (κ1) is 112. The third-order valence-corrected chi connectivity index (χ3v) is 26.3. The highest BCUT2D eigenvalue weighted by Gasteiger charge is 2.33. The molecule has 0 spiro atoms. The Morgan fingerprint density at radius 1 is 0.348 bits per heavy atom. The number of benzene rings is 1. The second-order valence-electron chi connectivity index (χ2n) is 36.3. The number of urea groups is 6. The number of hydrazine groups is 3. The van der Waals surface area contributed by atoms with Gasteiger partial charge in [0.1, 0.15) is 0 Å². The number of piperidine rings is 6. The number of aromatic nitrogens is 6. The fourth-order valence-electron chi connectivity index (χ4n) is 17.5. The van der Waals surface area contributed by atoms with Gasteiger partial charge in [-0.2, -0.15) is 0 Å². The van der Waals surface area contributed by atoms with E-state index >= 15 is 0 Å². The van der Waals surface area contributed by atoms with Gasteiger partial charge in [-0.05, 0) is 225 Å². The van der Waals surface area contributed by atoms with Gasteiger partial charge in [-0.1, -0.05) is 115 Å². The number of ether oxygens (including phenoxy) is 2. The van der Waals surface area contributed by atoms with E-state index in [1.54, 1.807) is 152 Å². The van der Waals surface area contributed by atoms with Gasteiger partial charge in [0, 0.05) is 257 Å². The highest BCUT2D eigenvalue weighted by atomic mass is 16.5. The number of hydrogen-bond acceptors (Lipinski definition) is 23. The minimum atomic E-state index is -0.0579. The van der Waals surface area contributed by atoms with Gasteiger partial charge in [0.05, 0.1) is 13.2 Å². The van der Waals surface area contributed by atoms with E-state index in [0.29, 0.717) is 55.7 Å². The molecule has 6 aliphatic heterocycles. The smallest absolute Gasteiger partial charge is 0.321 e. The molecule has 35 nitrogen and oxygen atoms in total. The minimum Gasteiger partial charge on any atom is -0.379 e. The van der Waals surface area contributed by atoms with Gasteiger partial charge in [0.25, 0.3) is 0 Å². The predicted octanol–water partition coefficient (Wildman–Crippen LogP) is 15.7. The molecule has 18 N–H and O–H groups in total. The van der Waals surface area contributed by atoms with Crippen molar-refractivity contribution in [2.45, 2.75) is 237 Å². The molecule has 6 aliphatic rings. The normalized spacial score (nSPS) is 16.5. The molecule has 0 unspecified atom stereocenters. The molecule has 12 amide bonds. The molecule has 6 fully saturated rings. The van der Waals surface area contributed by atoms with Crippen LogP contribution < -0.4 is 66.6 Å². The van der Waals surface area contributed by atoms with E-state index in [0.717, 1.165) is 248 Å². The van der Waals surface area contributed by atoms with Crippen molar-refractivity contribution in [2.75, 3.05) is 157 Å². The minimum absolute atomic E-state index is 0.0193. The Labute approximate surface area is 820 Å². The molecular weight excluding hydrogens is 1740 g/mol. The lowest BCUT2D eigenvalue weighted by Crippen LogP contribution is -2.50. The van der Waals surface area contributed by atoms with Crippen molar-refractivity contribution in [2.24, 2.45) is 52.5 Å². The molecule has 1 aromatic carbocycles. The summed E-state index contributed by atoms with van der Waals surface area (Å²) in [5, 5.41) is 23.0. The van der Waals surface area contributed by atoms with Crippen LogP contribution in [0.4, 0.5) is 62.9 Å². The molecular formula is C103H163N27O8. The standard InChI is InChI=1S/C20H34N4O.C20H32N4O.C19H25N5O.C18H30N4O3.C14H23N5O.C12H19N5O/c2*1-2-3-4-5-6-7-8-19(21)17-11-15-24(16-12-17)20(25)23-18-9-13-22-14-10-18;20-24(15-8-16-4-2-1-3-5-16)18-9-13-23(14-10-18)19(25)22-17-6-11-21-12-7-17;1-2-24-13-14-25-12-7-17(19)15-5-10-22(11-6-15)18(23)21-16-3-8-20-9-4-16;1-2-9-19(15)13-5-10-18(11-6-13)14(20)17-12-3-7-16-8-4-12;1-16(13)11-4-8-17(9-5-11)12(18)15-10-2-6-14-7-3-10/h9-10,13-14,17,19H,2-8,11-12,15-16,21H2,1H3,(H,22,23,25);6-7,9-10,13-14,17,19H,2-5,8,11-12,15-16,21H2,1H3,(H,22,23,25);1-7,11-12,18H,8-10,13-15,20H2,(H,21,22,25);3-4,8-9,15,17H,2,5-7,10-14,19H2,1H3,(H,20,21,23);3-4,7-8,13H,2,5-6,9-11,15H2,1H3,(H,16,17,20);2-3,6-7,11H,4-5,8-9,13H2,1H3,(H,14,15,18)/b;7-6+;;;;/t2*19-;;17-;;/m11.1../s1. The molecule has 35 heteroatoms. The topological polar surface area (TPSA) is 456 Å². The molecule has 0 radical (unpaired) electrons. The lowest BCUT2D eigenvalue weighted by molar-refractivity contribution is 0.0472. The van der Waals surface area contributed by atoms with E-state index in [1.165, 1.54) is 63.4 Å². The van der Waals surface area contributed by atoms with Crippen molar-refractivity contribution < 1.29 is 38.2 Å². The summed E-state index contributed by atoms with van der Waals surface area (Å²) in [6, 6.07) is 33.3. The third kappa shape index (κ3) is 44.0. The van der Waals surface area contributed by atoms with E-state index in [1.807, 2.05) is 59.5 Å². The number of hydrogen-bond donors (Lipinski definition) is 12. The van der Waals surface area contributed by atoms with Crippen LogP contribution in [-0.2, 0) is 15.9 Å². The number of allylic oxidation sites excluding steroid dienone is 1. The largest absolute Gasteiger partial charge is 0.379 e. The number of likely N-dealkylation sites (tertiary alicyclic amines) is 6. The summed E-state index contributed by atoms with van der Waals surface area (Å²) in [4.78, 5) is 108. The van der Waals surface area contributed by atoms with E-state index in [2.05, 4.69) is 119 Å². The van der Waals surface area contributed by atoms with Crippen LogP contribution in [0.2, 0.25) is 0 Å². The van der Waals surface area contributed by atoms with E-state index in [9.17, 15) is 28.8 Å². The first-order valence-electron chi connectivity index (χ1n) is 50.6. The zero-order chi connectivity index (χ0) is 98.5. The number of carbonyl (C=O) groups is 6. The number of nitrogens with one attached hydrogen (secondary N) is 6. The number of carbonyl (C=O) groups excluding carboxylic acids is 6. The molecule has 13 rings (SSSR count). The molecule has 0 saturated carbocycles. The average Bonchev–Trinajstić information content (AvgIpc) is 0.872. The summed E-state index contributed by atoms with van der Waals surface area (Å²) in [6.07, 6.45) is 53.7. The van der Waals surface area contributed by atoms with Crippen LogP contribution in [0.5, 0.6) is 0 Å². The van der Waals surface area contributed by atoms with Gasteiger partial charge in [-0.25, -0.2) is 43.8 Å². The summed E-state index contributed by atoms with van der Waals surface area (Å²) in [5.74, 6) is 19.5. The third-order valence-electron chi connectivity index (χ3n) is 26.3. The second-order valence-corrected chi connectivity index (χ2v) is 36.3.